The topological polar surface area (TPSA) is 115 Å². The van der Waals surface area contributed by atoms with E-state index in [1.165, 1.54) is 6.33 Å². The molecule has 1 rings (SSSR count). The van der Waals surface area contributed by atoms with Gasteiger partial charge >= 0.3 is 11.9 Å². The summed E-state index contributed by atoms with van der Waals surface area (Å²) >= 11 is 0. The van der Waals surface area contributed by atoms with E-state index in [0.717, 1.165) is 12.8 Å². The molecule has 0 saturated heterocycles. The molecule has 7 nitrogen and oxygen atoms in total. The summed E-state index contributed by atoms with van der Waals surface area (Å²) in [6.45, 7) is 2.01. The largest absolute Gasteiger partial charge is 0.481 e. The number of aliphatic carboxylic acids is 2. The Balaban J connectivity index is 2.63. The van der Waals surface area contributed by atoms with Crippen molar-refractivity contribution in [3.8, 4) is 0 Å². The molecule has 20 heavy (non-hydrogen) atoms. The second-order valence-electron chi connectivity index (χ2n) is 4.78. The van der Waals surface area contributed by atoms with Crippen LogP contribution in [0.1, 0.15) is 38.3 Å². The minimum Gasteiger partial charge on any atom is -0.481 e. The normalized spacial score (nSPS) is 13.8. The SMILES string of the molecule is CCCCC(CC(=O)O)N[C@@H](Cc1cnc[nH]1)C(=O)O. The first kappa shape index (κ1) is 16.2. The number of carboxylic acid groups (broad SMARTS) is 2. The summed E-state index contributed by atoms with van der Waals surface area (Å²) in [4.78, 5) is 28.8. The highest BCUT2D eigenvalue weighted by molar-refractivity contribution is 5.74. The Labute approximate surface area is 117 Å². The maximum atomic E-state index is 11.3. The molecule has 4 N–H and O–H groups in total. The van der Waals surface area contributed by atoms with Crippen LogP contribution in [0.3, 0.4) is 0 Å². The molecule has 112 valence electrons. The molecule has 0 aliphatic rings. The Kier molecular flexibility index (Phi) is 6.72. The number of unbranched alkanes of at least 4 members (excludes halogenated alkanes) is 1. The molecule has 1 heterocycles. The predicted octanol–water partition coefficient (Wildman–Crippen LogP) is 1.03. The summed E-state index contributed by atoms with van der Waals surface area (Å²) in [5.74, 6) is -1.92. The lowest BCUT2D eigenvalue weighted by molar-refractivity contribution is -0.141. The molecule has 1 aromatic rings. The Hall–Kier alpha value is -1.89. The number of nitrogens with zero attached hydrogens (tertiary/aromatic N) is 1. The molecule has 0 aliphatic heterocycles. The number of hydrogen-bond acceptors (Lipinski definition) is 4. The van der Waals surface area contributed by atoms with E-state index in [2.05, 4.69) is 15.3 Å². The third-order valence-corrected chi connectivity index (χ3v) is 3.04. The second kappa shape index (κ2) is 8.31. The van der Waals surface area contributed by atoms with Gasteiger partial charge in [0.05, 0.1) is 12.7 Å². The number of hydrogen-bond donors (Lipinski definition) is 4. The number of imidazole rings is 1. The number of carboxylic acids is 2. The molecule has 7 heteroatoms. The molecular formula is C13H21N3O4. The van der Waals surface area contributed by atoms with Gasteiger partial charge in [0.2, 0.25) is 0 Å². The van der Waals surface area contributed by atoms with E-state index in [0.29, 0.717) is 12.1 Å². The average Bonchev–Trinajstić information content (AvgIpc) is 2.87. The number of carbonyl (C=O) groups is 2. The number of nitrogens with one attached hydrogen (secondary N) is 2. The van der Waals surface area contributed by atoms with Crippen LogP contribution in [0.25, 0.3) is 0 Å². The van der Waals surface area contributed by atoms with E-state index in [1.807, 2.05) is 6.92 Å². The van der Waals surface area contributed by atoms with E-state index in [1.54, 1.807) is 6.20 Å². The molecular weight excluding hydrogens is 262 g/mol. The fourth-order valence-corrected chi connectivity index (χ4v) is 2.02. The highest BCUT2D eigenvalue weighted by Gasteiger charge is 2.23. The molecule has 0 spiro atoms. The van der Waals surface area contributed by atoms with Crippen molar-refractivity contribution in [2.24, 2.45) is 0 Å². The maximum Gasteiger partial charge on any atom is 0.321 e. The molecule has 0 amide bonds. The third-order valence-electron chi connectivity index (χ3n) is 3.04. The second-order valence-corrected chi connectivity index (χ2v) is 4.78. The van der Waals surface area contributed by atoms with Crippen LogP contribution in [0, 0.1) is 0 Å². The Morgan fingerprint density at radius 1 is 1.45 bits per heavy atom. The fourth-order valence-electron chi connectivity index (χ4n) is 2.02. The number of aromatic amines is 1. The Morgan fingerprint density at radius 2 is 2.20 bits per heavy atom. The number of aromatic nitrogens is 2. The van der Waals surface area contributed by atoms with Crippen molar-refractivity contribution in [3.63, 3.8) is 0 Å². The summed E-state index contributed by atoms with van der Waals surface area (Å²) in [5.41, 5.74) is 0.703. The average molecular weight is 283 g/mol. The molecule has 0 bridgehead atoms. The third kappa shape index (κ3) is 5.83. The predicted molar refractivity (Wildman–Crippen MR) is 72.4 cm³/mol. The Bertz CT molecular complexity index is 419. The van der Waals surface area contributed by atoms with E-state index in [4.69, 9.17) is 5.11 Å². The number of H-pyrrole nitrogens is 1. The minimum absolute atomic E-state index is 0.0766. The van der Waals surface area contributed by atoms with Crippen molar-refractivity contribution in [1.82, 2.24) is 15.3 Å². The standard InChI is InChI=1S/C13H21N3O4/c1-2-3-4-9(6-12(17)18)16-11(13(19)20)5-10-7-14-8-15-10/h7-9,11,16H,2-6H2,1H3,(H,14,15)(H,17,18)(H,19,20)/t9?,11-/m0/s1. The van der Waals surface area contributed by atoms with Gasteiger partial charge in [0.25, 0.3) is 0 Å². The van der Waals surface area contributed by atoms with Crippen molar-refractivity contribution in [1.29, 1.82) is 0 Å². The molecule has 2 atom stereocenters. The van der Waals surface area contributed by atoms with Gasteiger partial charge in [0, 0.05) is 24.4 Å². The lowest BCUT2D eigenvalue weighted by Crippen LogP contribution is -2.45. The van der Waals surface area contributed by atoms with Crippen LogP contribution in [0.4, 0.5) is 0 Å². The summed E-state index contributed by atoms with van der Waals surface area (Å²) < 4.78 is 0. The van der Waals surface area contributed by atoms with Crippen molar-refractivity contribution < 1.29 is 19.8 Å². The molecule has 0 aliphatic carbocycles. The van der Waals surface area contributed by atoms with Crippen LogP contribution in [-0.2, 0) is 16.0 Å². The van der Waals surface area contributed by atoms with Crippen molar-refractivity contribution in [2.75, 3.05) is 0 Å². The van der Waals surface area contributed by atoms with E-state index < -0.39 is 18.0 Å². The highest BCUT2D eigenvalue weighted by atomic mass is 16.4. The highest BCUT2D eigenvalue weighted by Crippen LogP contribution is 2.08. The van der Waals surface area contributed by atoms with Crippen LogP contribution in [0.5, 0.6) is 0 Å². The van der Waals surface area contributed by atoms with Crippen LogP contribution >= 0.6 is 0 Å². The van der Waals surface area contributed by atoms with Crippen molar-refractivity contribution in [2.45, 2.75) is 51.1 Å². The van der Waals surface area contributed by atoms with Gasteiger partial charge in [-0.15, -0.1) is 0 Å². The van der Waals surface area contributed by atoms with Gasteiger partial charge in [0.1, 0.15) is 6.04 Å². The van der Waals surface area contributed by atoms with Gasteiger partial charge < -0.3 is 20.5 Å². The van der Waals surface area contributed by atoms with Gasteiger partial charge in [-0.1, -0.05) is 19.8 Å². The van der Waals surface area contributed by atoms with E-state index in [9.17, 15) is 14.7 Å². The van der Waals surface area contributed by atoms with E-state index in [-0.39, 0.29) is 18.9 Å². The van der Waals surface area contributed by atoms with Gasteiger partial charge in [-0.05, 0) is 6.42 Å². The van der Waals surface area contributed by atoms with Crippen molar-refractivity contribution in [3.05, 3.63) is 18.2 Å². The van der Waals surface area contributed by atoms with Gasteiger partial charge in [-0.2, -0.15) is 0 Å². The summed E-state index contributed by atoms with van der Waals surface area (Å²) in [7, 11) is 0. The molecule has 1 unspecified atom stereocenters. The minimum atomic E-state index is -0.994. The quantitative estimate of drug-likeness (QED) is 0.510. The zero-order chi connectivity index (χ0) is 15.0. The lowest BCUT2D eigenvalue weighted by atomic mass is 10.0. The van der Waals surface area contributed by atoms with Gasteiger partial charge in [-0.25, -0.2) is 4.98 Å². The van der Waals surface area contributed by atoms with E-state index >= 15 is 0 Å². The fraction of sp³-hybridized carbons (Fsp3) is 0.615. The van der Waals surface area contributed by atoms with Crippen LogP contribution in [-0.4, -0.2) is 44.2 Å². The monoisotopic (exact) mass is 283 g/mol. The zero-order valence-corrected chi connectivity index (χ0v) is 11.5. The zero-order valence-electron chi connectivity index (χ0n) is 11.5. The summed E-state index contributed by atoms with van der Waals surface area (Å²) in [6, 6.07) is -1.16. The molecule has 0 radical (unpaired) electrons. The molecule has 0 saturated carbocycles. The Morgan fingerprint density at radius 3 is 2.70 bits per heavy atom. The first-order chi connectivity index (χ1) is 9.52. The molecule has 0 fully saturated rings. The first-order valence-electron chi connectivity index (χ1n) is 6.70. The molecule has 0 aromatic carbocycles. The number of rotatable bonds is 10. The summed E-state index contributed by atoms with van der Waals surface area (Å²) in [5, 5.41) is 21.1. The smallest absolute Gasteiger partial charge is 0.321 e. The first-order valence-corrected chi connectivity index (χ1v) is 6.70. The van der Waals surface area contributed by atoms with Crippen LogP contribution in [0.15, 0.2) is 12.5 Å². The molecule has 1 aromatic heterocycles. The maximum absolute atomic E-state index is 11.3. The lowest BCUT2D eigenvalue weighted by Gasteiger charge is -2.21. The van der Waals surface area contributed by atoms with Crippen LogP contribution in [0.2, 0.25) is 0 Å². The van der Waals surface area contributed by atoms with Crippen LogP contribution < -0.4 is 5.32 Å². The van der Waals surface area contributed by atoms with Gasteiger partial charge in [-0.3, -0.25) is 9.59 Å². The van der Waals surface area contributed by atoms with Gasteiger partial charge in [0.15, 0.2) is 0 Å². The summed E-state index contributed by atoms with van der Waals surface area (Å²) in [6.07, 6.45) is 5.67. The van der Waals surface area contributed by atoms with Crippen molar-refractivity contribution >= 4 is 11.9 Å².